The van der Waals surface area contributed by atoms with E-state index in [0.717, 1.165) is 64.2 Å². The Labute approximate surface area is 317 Å². The molecule has 6 heteroatoms. The van der Waals surface area contributed by atoms with Crippen LogP contribution in [0.15, 0.2) is 12.2 Å². The van der Waals surface area contributed by atoms with Crippen molar-refractivity contribution in [1.82, 2.24) is 5.32 Å². The number of hydrogen-bond acceptors (Lipinski definition) is 5. The summed E-state index contributed by atoms with van der Waals surface area (Å²) >= 11 is 0. The molecule has 0 rings (SSSR count). The number of nitrogens with one attached hydrogen (secondary N) is 1. The largest absolute Gasteiger partial charge is 0.462 e. The summed E-state index contributed by atoms with van der Waals surface area (Å²) in [5.41, 5.74) is 0. The van der Waals surface area contributed by atoms with Gasteiger partial charge in [0.15, 0.2) is 0 Å². The fourth-order valence-electron chi connectivity index (χ4n) is 6.89. The lowest BCUT2D eigenvalue weighted by Gasteiger charge is -2.24. The smallest absolute Gasteiger partial charge is 0.306 e. The molecule has 3 atom stereocenters. The summed E-state index contributed by atoms with van der Waals surface area (Å²) in [6.07, 6.45) is 41.3. The minimum Gasteiger partial charge on any atom is -0.462 e. The van der Waals surface area contributed by atoms with E-state index >= 15 is 0 Å². The van der Waals surface area contributed by atoms with E-state index in [9.17, 15) is 19.8 Å². The van der Waals surface area contributed by atoms with Gasteiger partial charge in [0.25, 0.3) is 0 Å². The lowest BCUT2D eigenvalue weighted by molar-refractivity contribution is -0.151. The number of amides is 1. The van der Waals surface area contributed by atoms with Crippen molar-refractivity contribution >= 4 is 11.9 Å². The van der Waals surface area contributed by atoms with E-state index in [1.165, 1.54) is 128 Å². The van der Waals surface area contributed by atoms with Crippen molar-refractivity contribution in [3.63, 3.8) is 0 Å². The second-order valence-corrected chi connectivity index (χ2v) is 15.5. The Hall–Kier alpha value is -1.40. The van der Waals surface area contributed by atoms with Crippen LogP contribution in [0, 0.1) is 0 Å². The van der Waals surface area contributed by atoms with Crippen molar-refractivity contribution in [3.05, 3.63) is 12.2 Å². The molecule has 0 aliphatic heterocycles. The number of allylic oxidation sites excluding steroid dienone is 2. The Kier molecular flexibility index (Phi) is 38.7. The van der Waals surface area contributed by atoms with Gasteiger partial charge in [-0.05, 0) is 51.4 Å². The predicted molar refractivity (Wildman–Crippen MR) is 218 cm³/mol. The lowest BCUT2D eigenvalue weighted by atomic mass is 10.0. The van der Waals surface area contributed by atoms with Gasteiger partial charge in [0.1, 0.15) is 6.10 Å². The minimum absolute atomic E-state index is 0.0725. The number of rotatable bonds is 40. The molecule has 0 aromatic heterocycles. The Morgan fingerprint density at radius 3 is 1.41 bits per heavy atom. The van der Waals surface area contributed by atoms with Gasteiger partial charge in [-0.1, -0.05) is 187 Å². The third-order valence-corrected chi connectivity index (χ3v) is 10.3. The summed E-state index contributed by atoms with van der Waals surface area (Å²) in [6.45, 7) is 6.43. The van der Waals surface area contributed by atoms with Gasteiger partial charge >= 0.3 is 5.97 Å². The number of unbranched alkanes of at least 4 members (excludes halogenated alkanes) is 26. The number of carbonyl (C=O) groups excluding carboxylic acids is 2. The highest BCUT2D eigenvalue weighted by Crippen LogP contribution is 2.17. The molecule has 0 aliphatic rings. The second-order valence-electron chi connectivity index (χ2n) is 15.5. The van der Waals surface area contributed by atoms with E-state index in [2.05, 4.69) is 38.2 Å². The van der Waals surface area contributed by atoms with Crippen LogP contribution in [0.5, 0.6) is 0 Å². The number of carbonyl (C=O) groups is 2. The van der Waals surface area contributed by atoms with Crippen LogP contribution in [-0.4, -0.2) is 46.9 Å². The van der Waals surface area contributed by atoms with Crippen molar-refractivity contribution < 1.29 is 24.5 Å². The summed E-state index contributed by atoms with van der Waals surface area (Å²) in [4.78, 5) is 25.9. The van der Waals surface area contributed by atoms with Gasteiger partial charge in [0.05, 0.1) is 25.2 Å². The minimum atomic E-state index is -0.782. The van der Waals surface area contributed by atoms with Gasteiger partial charge in [-0.15, -0.1) is 0 Å². The predicted octanol–water partition coefficient (Wildman–Crippen LogP) is 12.6. The number of hydrogen-bond donors (Lipinski definition) is 3. The SMILES string of the molecule is CCCCCCCCC/C=C/CCCCCC(CC(=O)NC(CO)C(O)CCCCCCCCCCC)OC(=O)CCCCCCCCCCC. The molecule has 0 aromatic rings. The third kappa shape index (κ3) is 35.4. The number of ether oxygens (including phenoxy) is 1. The van der Waals surface area contributed by atoms with Crippen molar-refractivity contribution in [2.45, 2.75) is 257 Å². The maximum absolute atomic E-state index is 13.1. The average Bonchev–Trinajstić information content (AvgIpc) is 3.12. The average molecular weight is 722 g/mol. The van der Waals surface area contributed by atoms with E-state index in [1.54, 1.807) is 0 Å². The first-order valence-electron chi connectivity index (χ1n) is 22.4. The molecule has 0 radical (unpaired) electrons. The normalized spacial score (nSPS) is 13.4. The van der Waals surface area contributed by atoms with Crippen LogP contribution in [0.3, 0.4) is 0 Å². The lowest BCUT2D eigenvalue weighted by Crippen LogP contribution is -2.46. The summed E-state index contributed by atoms with van der Waals surface area (Å²) in [7, 11) is 0. The molecular weight excluding hydrogens is 634 g/mol. The van der Waals surface area contributed by atoms with Crippen LogP contribution < -0.4 is 5.32 Å². The molecular formula is C45H87NO5. The van der Waals surface area contributed by atoms with E-state index in [0.29, 0.717) is 19.3 Å². The molecule has 3 unspecified atom stereocenters. The van der Waals surface area contributed by atoms with Crippen molar-refractivity contribution in [2.24, 2.45) is 0 Å². The van der Waals surface area contributed by atoms with Crippen molar-refractivity contribution in [3.8, 4) is 0 Å². The molecule has 1 amide bonds. The first-order valence-corrected chi connectivity index (χ1v) is 22.4. The first-order chi connectivity index (χ1) is 25.0. The van der Waals surface area contributed by atoms with Crippen LogP contribution in [0.25, 0.3) is 0 Å². The fourth-order valence-corrected chi connectivity index (χ4v) is 6.89. The van der Waals surface area contributed by atoms with Gasteiger partial charge in [-0.3, -0.25) is 9.59 Å². The molecule has 3 N–H and O–H groups in total. The highest BCUT2D eigenvalue weighted by molar-refractivity contribution is 5.77. The molecule has 0 fully saturated rings. The Morgan fingerprint density at radius 1 is 0.549 bits per heavy atom. The van der Waals surface area contributed by atoms with Gasteiger partial charge in [-0.25, -0.2) is 0 Å². The Balaban J connectivity index is 4.60. The molecule has 0 saturated heterocycles. The van der Waals surface area contributed by atoms with E-state index < -0.39 is 18.2 Å². The zero-order chi connectivity index (χ0) is 37.5. The highest BCUT2D eigenvalue weighted by Gasteiger charge is 2.24. The van der Waals surface area contributed by atoms with Crippen molar-refractivity contribution in [1.29, 1.82) is 0 Å². The molecule has 0 heterocycles. The van der Waals surface area contributed by atoms with Gasteiger partial charge in [-0.2, -0.15) is 0 Å². The van der Waals surface area contributed by atoms with Crippen LogP contribution in [0.2, 0.25) is 0 Å². The summed E-state index contributed by atoms with van der Waals surface area (Å²) < 4.78 is 5.88. The quantitative estimate of drug-likeness (QED) is 0.0332. The Morgan fingerprint density at radius 2 is 0.941 bits per heavy atom. The molecule has 6 nitrogen and oxygen atoms in total. The number of esters is 1. The topological polar surface area (TPSA) is 95.9 Å². The maximum atomic E-state index is 13.1. The highest BCUT2D eigenvalue weighted by atomic mass is 16.5. The van der Waals surface area contributed by atoms with Gasteiger partial charge < -0.3 is 20.3 Å². The van der Waals surface area contributed by atoms with Crippen LogP contribution in [-0.2, 0) is 14.3 Å². The first kappa shape index (κ1) is 49.6. The van der Waals surface area contributed by atoms with E-state index in [4.69, 9.17) is 4.74 Å². The molecule has 302 valence electrons. The molecule has 0 saturated carbocycles. The zero-order valence-corrected chi connectivity index (χ0v) is 34.3. The van der Waals surface area contributed by atoms with Gasteiger partial charge in [0, 0.05) is 6.42 Å². The molecule has 51 heavy (non-hydrogen) atoms. The van der Waals surface area contributed by atoms with E-state index in [-0.39, 0.29) is 24.9 Å². The van der Waals surface area contributed by atoms with Crippen LogP contribution >= 0.6 is 0 Å². The number of aliphatic hydroxyl groups excluding tert-OH is 2. The summed E-state index contributed by atoms with van der Waals surface area (Å²) in [5.74, 6) is -0.484. The zero-order valence-electron chi connectivity index (χ0n) is 34.3. The summed E-state index contributed by atoms with van der Waals surface area (Å²) in [5, 5.41) is 23.5. The Bertz CT molecular complexity index is 772. The monoisotopic (exact) mass is 722 g/mol. The number of aliphatic hydroxyl groups is 2. The fraction of sp³-hybridized carbons (Fsp3) is 0.911. The molecule has 0 aliphatic carbocycles. The van der Waals surface area contributed by atoms with Crippen molar-refractivity contribution in [2.75, 3.05) is 6.61 Å². The van der Waals surface area contributed by atoms with Crippen LogP contribution in [0.4, 0.5) is 0 Å². The standard InChI is InChI=1S/C45H87NO5/c1-4-7-10-13-16-19-20-21-22-23-26-27-30-33-36-41(51-45(50)38-35-32-29-25-18-15-12-9-6-3)39-44(49)46-42(40-47)43(48)37-34-31-28-24-17-14-11-8-5-2/h22-23,41-43,47-48H,4-21,24-40H2,1-3H3,(H,46,49)/b23-22+. The van der Waals surface area contributed by atoms with Crippen LogP contribution in [0.1, 0.15) is 239 Å². The maximum Gasteiger partial charge on any atom is 0.306 e. The molecule has 0 spiro atoms. The molecule has 0 aromatic carbocycles. The molecule has 0 bridgehead atoms. The second kappa shape index (κ2) is 39.8. The third-order valence-electron chi connectivity index (χ3n) is 10.3. The van der Waals surface area contributed by atoms with E-state index in [1.807, 2.05) is 0 Å². The van der Waals surface area contributed by atoms with Gasteiger partial charge in [0.2, 0.25) is 5.91 Å². The summed E-state index contributed by atoms with van der Waals surface area (Å²) in [6, 6.07) is -0.697.